The van der Waals surface area contributed by atoms with Gasteiger partial charge in [-0.1, -0.05) is 45.4 Å². The first-order chi connectivity index (χ1) is 32.5. The van der Waals surface area contributed by atoms with E-state index in [4.69, 9.17) is 28.4 Å². The highest BCUT2D eigenvalue weighted by Crippen LogP contribution is 2.48. The number of benzene rings is 1. The maximum Gasteiger partial charge on any atom is 0.329 e. The number of ketones is 1. The molecule has 378 valence electrons. The van der Waals surface area contributed by atoms with Crippen molar-refractivity contribution in [3.63, 3.8) is 0 Å². The van der Waals surface area contributed by atoms with Gasteiger partial charge in [0.15, 0.2) is 5.79 Å². The average Bonchev–Trinajstić information content (AvgIpc) is 3.89. The summed E-state index contributed by atoms with van der Waals surface area (Å²) in [6.45, 7) is 12.4. The number of Topliss-reactive ketones (excluding diaryl/α,β-unsaturated/α-hetero) is 1. The van der Waals surface area contributed by atoms with E-state index >= 15 is 0 Å². The topological polar surface area (TPSA) is 175 Å². The van der Waals surface area contributed by atoms with Crippen LogP contribution in [0.5, 0.6) is 5.75 Å². The molecule has 14 heteroatoms. The zero-order valence-electron chi connectivity index (χ0n) is 42.0. The Kier molecular flexibility index (Phi) is 17.4. The molecule has 1 saturated carbocycles. The van der Waals surface area contributed by atoms with Gasteiger partial charge in [-0.3, -0.25) is 9.59 Å². The molecular formula is C54H80N2O12. The number of carbonyl (C=O) groups is 3. The van der Waals surface area contributed by atoms with Crippen molar-refractivity contribution in [2.24, 2.45) is 35.5 Å². The second-order valence-electron chi connectivity index (χ2n) is 21.0. The first kappa shape index (κ1) is 52.2. The number of fused-ring (bicyclic) bond motifs is 5. The van der Waals surface area contributed by atoms with Crippen LogP contribution in [0.2, 0.25) is 0 Å². The van der Waals surface area contributed by atoms with Crippen LogP contribution in [-0.2, 0) is 44.6 Å². The molecule has 4 bridgehead atoms. The molecule has 1 amide bonds. The van der Waals surface area contributed by atoms with Crippen LogP contribution < -0.4 is 4.74 Å². The van der Waals surface area contributed by atoms with Crippen molar-refractivity contribution in [2.75, 3.05) is 27.9 Å². The molecule has 1 aliphatic carbocycles. The molecule has 0 spiro atoms. The van der Waals surface area contributed by atoms with E-state index in [-0.39, 0.29) is 60.9 Å². The zero-order chi connectivity index (χ0) is 49.0. The van der Waals surface area contributed by atoms with Gasteiger partial charge in [0, 0.05) is 75.2 Å². The number of allylic oxidation sites excluding steroid dienone is 3. The number of carbonyl (C=O) groups excluding carboxylic acids is 3. The van der Waals surface area contributed by atoms with Crippen LogP contribution in [-0.4, -0.2) is 131 Å². The highest BCUT2D eigenvalue weighted by Gasteiger charge is 2.61. The number of hydrogen-bond donors (Lipinski definition) is 3. The summed E-state index contributed by atoms with van der Waals surface area (Å²) < 4.78 is 39.9. The maximum atomic E-state index is 14.8. The first-order valence-corrected chi connectivity index (χ1v) is 25.5. The summed E-state index contributed by atoms with van der Waals surface area (Å²) in [6.07, 6.45) is 8.67. The molecular weight excluding hydrogens is 869 g/mol. The lowest BCUT2D eigenvalue weighted by Crippen LogP contribution is -2.61. The van der Waals surface area contributed by atoms with Crippen molar-refractivity contribution in [3.05, 3.63) is 53.8 Å². The van der Waals surface area contributed by atoms with Gasteiger partial charge in [0.2, 0.25) is 5.91 Å². The average molecular weight is 949 g/mol. The number of rotatable bonds is 10. The molecule has 5 aliphatic rings. The number of esters is 1. The zero-order valence-corrected chi connectivity index (χ0v) is 42.0. The van der Waals surface area contributed by atoms with Crippen molar-refractivity contribution >= 4 is 28.6 Å². The Bertz CT molecular complexity index is 2120. The third kappa shape index (κ3) is 11.1. The Morgan fingerprint density at radius 1 is 0.912 bits per heavy atom. The molecule has 5 heterocycles. The minimum absolute atomic E-state index is 0.0435. The molecule has 2 aromatic rings. The summed E-state index contributed by atoms with van der Waals surface area (Å²) in [6, 6.07) is 6.81. The highest BCUT2D eigenvalue weighted by molar-refractivity contribution is 5.89. The Morgan fingerprint density at radius 2 is 1.65 bits per heavy atom. The maximum absolute atomic E-state index is 14.8. The molecule has 14 nitrogen and oxygen atoms in total. The van der Waals surface area contributed by atoms with E-state index in [1.54, 1.807) is 26.2 Å². The number of nitrogens with zero attached hydrogens (tertiary/aromatic N) is 2. The first-order valence-electron chi connectivity index (χ1n) is 25.5. The Morgan fingerprint density at radius 3 is 2.35 bits per heavy atom. The van der Waals surface area contributed by atoms with E-state index in [2.05, 4.69) is 13.0 Å². The summed E-state index contributed by atoms with van der Waals surface area (Å²) in [5.41, 5.74) is 2.84. The smallest absolute Gasteiger partial charge is 0.329 e. The normalized spacial score (nSPS) is 39.0. The number of aliphatic hydroxyl groups excluding tert-OH is 2. The second kappa shape index (κ2) is 22.6. The molecule has 4 fully saturated rings. The number of aliphatic hydroxyl groups is 3. The van der Waals surface area contributed by atoms with Crippen molar-refractivity contribution in [1.82, 2.24) is 9.47 Å². The number of cyclic esters (lactones) is 1. The second-order valence-corrected chi connectivity index (χ2v) is 21.0. The van der Waals surface area contributed by atoms with Crippen LogP contribution in [0.4, 0.5) is 0 Å². The van der Waals surface area contributed by atoms with Crippen LogP contribution in [0.15, 0.2) is 53.8 Å². The van der Waals surface area contributed by atoms with Crippen molar-refractivity contribution in [3.8, 4) is 5.75 Å². The predicted molar refractivity (Wildman–Crippen MR) is 258 cm³/mol. The van der Waals surface area contributed by atoms with E-state index in [1.807, 2.05) is 75.7 Å². The fourth-order valence-corrected chi connectivity index (χ4v) is 12.5. The van der Waals surface area contributed by atoms with Gasteiger partial charge in [-0.25, -0.2) is 4.79 Å². The Balaban J connectivity index is 1.16. The predicted octanol–water partition coefficient (Wildman–Crippen LogP) is 7.33. The Labute approximate surface area is 403 Å². The fraction of sp³-hybridized carbons (Fsp3) is 0.722. The highest BCUT2D eigenvalue weighted by atomic mass is 16.7. The van der Waals surface area contributed by atoms with Gasteiger partial charge in [-0.15, -0.1) is 0 Å². The van der Waals surface area contributed by atoms with Crippen LogP contribution in [0.3, 0.4) is 0 Å². The minimum atomic E-state index is -1.82. The molecule has 1 aromatic heterocycles. The molecule has 1 unspecified atom stereocenters. The third-order valence-corrected chi connectivity index (χ3v) is 16.3. The summed E-state index contributed by atoms with van der Waals surface area (Å²) in [5, 5.41) is 35.1. The fourth-order valence-electron chi connectivity index (χ4n) is 12.5. The number of ether oxygens (including phenoxy) is 6. The summed E-state index contributed by atoms with van der Waals surface area (Å²) in [4.78, 5) is 45.2. The summed E-state index contributed by atoms with van der Waals surface area (Å²) in [7, 11) is 4.96. The van der Waals surface area contributed by atoms with Crippen molar-refractivity contribution in [2.45, 2.75) is 186 Å². The van der Waals surface area contributed by atoms with Crippen molar-refractivity contribution < 1.29 is 58.1 Å². The van der Waals surface area contributed by atoms with Gasteiger partial charge in [0.25, 0.3) is 0 Å². The van der Waals surface area contributed by atoms with Crippen LogP contribution in [0, 0.1) is 35.5 Å². The van der Waals surface area contributed by atoms with Gasteiger partial charge in [0.05, 0.1) is 36.9 Å². The largest absolute Gasteiger partial charge is 0.488 e. The molecule has 3 N–H and O–H groups in total. The van der Waals surface area contributed by atoms with Gasteiger partial charge < -0.3 is 53.2 Å². The number of aromatic nitrogens is 1. The van der Waals surface area contributed by atoms with Crippen LogP contribution in [0.25, 0.3) is 10.9 Å². The SMILES string of the molecule is CC[C@@H]1/C=C(\C)C[C@H](C)C[C@H](OC)[C@H]2O[C@](O)([C@H](C)C[C@@H]2OC)[C@@H]2CC3CCC[C@@H](C(=O)O[C@H](/C(C)=C/[C@@H]4CC[C@@H](Oc5ccc6c(ccn6CCO)c5)[C@H](OC)C4)[C@H](C)[C@@H](O)CC1=O)N3C2=O. The van der Waals surface area contributed by atoms with E-state index in [1.165, 1.54) is 0 Å². The van der Waals surface area contributed by atoms with Crippen LogP contribution in [0.1, 0.15) is 119 Å². The number of piperidine rings is 1. The van der Waals surface area contributed by atoms with Gasteiger partial charge in [0.1, 0.15) is 35.9 Å². The third-order valence-electron chi connectivity index (χ3n) is 16.3. The van der Waals surface area contributed by atoms with Gasteiger partial charge >= 0.3 is 5.97 Å². The molecule has 1 aromatic carbocycles. The standard InChI is InChI=1S/C54H80N2O12/c1-10-37-23-31(2)22-32(3)24-48(64-8)51-49(65-9)26-34(5)54(62,68-51)41-29-39-12-11-13-43(56(39)52(41)60)53(61)67-50(35(6)44(58)30-45(37)59)33(4)25-36-14-17-46(47(27-36)63-7)66-40-15-16-42-38(28-40)18-19-55(42)20-21-57/h15-16,18-19,23,25,28,32,34-37,39,41,43-44,46-51,57-58,62H,10-14,17,20-22,24,26-27,29-30H2,1-9H3/b31-23+,33-25+/t32-,34+,35+,36-,37+,39?,41+,43-,44-,46+,47+,48-,49-,50+,51+,54+/m0/s1. The van der Waals surface area contributed by atoms with Crippen LogP contribution >= 0.6 is 0 Å². The quantitative estimate of drug-likeness (QED) is 0.160. The molecule has 16 atom stereocenters. The minimum Gasteiger partial charge on any atom is -0.488 e. The molecule has 0 radical (unpaired) electrons. The summed E-state index contributed by atoms with van der Waals surface area (Å²) in [5.74, 6) is -4.30. The lowest BCUT2D eigenvalue weighted by Gasteiger charge is -2.49. The summed E-state index contributed by atoms with van der Waals surface area (Å²) >= 11 is 0. The monoisotopic (exact) mass is 949 g/mol. The molecule has 7 rings (SSSR count). The van der Waals surface area contributed by atoms with Gasteiger partial charge in [-0.2, -0.15) is 0 Å². The van der Waals surface area contributed by atoms with Crippen molar-refractivity contribution in [1.29, 1.82) is 0 Å². The van der Waals surface area contributed by atoms with E-state index in [9.17, 15) is 29.7 Å². The number of methoxy groups -OCH3 is 3. The van der Waals surface area contributed by atoms with E-state index in [0.717, 1.165) is 34.2 Å². The number of hydrogen-bond acceptors (Lipinski definition) is 12. The van der Waals surface area contributed by atoms with E-state index in [0.29, 0.717) is 70.8 Å². The van der Waals surface area contributed by atoms with Gasteiger partial charge in [-0.05, 0) is 126 Å². The molecule has 3 saturated heterocycles. The molecule has 68 heavy (non-hydrogen) atoms. The molecule has 4 aliphatic heterocycles. The lowest BCUT2D eigenvalue weighted by atomic mass is 9.77. The Hall–Kier alpha value is -3.63. The van der Waals surface area contributed by atoms with E-state index < -0.39 is 65.9 Å². The lowest BCUT2D eigenvalue weighted by molar-refractivity contribution is -0.336. The number of amides is 1.